The van der Waals surface area contributed by atoms with E-state index >= 15 is 0 Å². The van der Waals surface area contributed by atoms with Gasteiger partial charge in [-0.1, -0.05) is 24.3 Å². The van der Waals surface area contributed by atoms with Gasteiger partial charge < -0.3 is 4.90 Å². The zero-order valence-corrected chi connectivity index (χ0v) is 16.4. The molecule has 0 N–H and O–H groups in total. The number of rotatable bonds is 3. The first-order valence-corrected chi connectivity index (χ1v) is 9.32. The first-order valence-electron chi connectivity index (χ1n) is 7.73. The van der Waals surface area contributed by atoms with Crippen molar-refractivity contribution in [1.29, 1.82) is 0 Å². The summed E-state index contributed by atoms with van der Waals surface area (Å²) >= 11 is 6.45. The standard InChI is InChI=1S/C17H17Br2N3O2/c1-21(14-8-4-6-11-5-2-3-7-12(11)14)15(23)10-22-17(24)16(19)13(18)9-20-22/h2-3,5,7,9,14H,4,6,8,10H2,1H3/t14-/m0/s1. The minimum absolute atomic E-state index is 0.0528. The van der Waals surface area contributed by atoms with E-state index in [1.165, 1.54) is 22.0 Å². The largest absolute Gasteiger partial charge is 0.337 e. The molecule has 0 aliphatic heterocycles. The molecule has 0 bridgehead atoms. The van der Waals surface area contributed by atoms with Crippen molar-refractivity contribution in [3.63, 3.8) is 0 Å². The van der Waals surface area contributed by atoms with E-state index in [1.807, 2.05) is 12.1 Å². The number of carbonyl (C=O) groups is 1. The normalized spacial score (nSPS) is 16.5. The van der Waals surface area contributed by atoms with Gasteiger partial charge in [-0.25, -0.2) is 4.68 Å². The van der Waals surface area contributed by atoms with E-state index in [-0.39, 0.29) is 24.1 Å². The number of nitrogens with zero attached hydrogens (tertiary/aromatic N) is 3. The Kier molecular flexibility index (Phi) is 5.20. The number of amides is 1. The van der Waals surface area contributed by atoms with Crippen molar-refractivity contribution in [2.75, 3.05) is 7.05 Å². The molecule has 1 heterocycles. The molecule has 0 saturated carbocycles. The predicted octanol–water partition coefficient (Wildman–Crippen LogP) is 3.30. The average Bonchev–Trinajstić information content (AvgIpc) is 2.61. The van der Waals surface area contributed by atoms with Crippen molar-refractivity contribution >= 4 is 37.8 Å². The highest BCUT2D eigenvalue weighted by atomic mass is 79.9. The summed E-state index contributed by atoms with van der Waals surface area (Å²) in [6.45, 7) is -0.0696. The average molecular weight is 455 g/mol. The molecule has 0 saturated heterocycles. The van der Waals surface area contributed by atoms with Crippen LogP contribution in [0.5, 0.6) is 0 Å². The van der Waals surface area contributed by atoms with Crippen LogP contribution in [0.2, 0.25) is 0 Å². The van der Waals surface area contributed by atoms with E-state index in [1.54, 1.807) is 11.9 Å². The molecule has 0 radical (unpaired) electrons. The Morgan fingerprint density at radius 2 is 2.12 bits per heavy atom. The van der Waals surface area contributed by atoms with Crippen LogP contribution in [0.25, 0.3) is 0 Å². The third kappa shape index (κ3) is 3.32. The fourth-order valence-corrected chi connectivity index (χ4v) is 3.67. The van der Waals surface area contributed by atoms with Gasteiger partial charge in [-0.05, 0) is 62.2 Å². The fourth-order valence-electron chi connectivity index (χ4n) is 3.10. The second kappa shape index (κ2) is 7.19. The molecule has 5 nitrogen and oxygen atoms in total. The monoisotopic (exact) mass is 453 g/mol. The number of aryl methyl sites for hydroxylation is 1. The molecular formula is C17H17Br2N3O2. The minimum atomic E-state index is -0.324. The highest BCUT2D eigenvalue weighted by Gasteiger charge is 2.26. The zero-order valence-electron chi connectivity index (χ0n) is 13.2. The van der Waals surface area contributed by atoms with E-state index in [9.17, 15) is 9.59 Å². The lowest BCUT2D eigenvalue weighted by Gasteiger charge is -2.33. The molecule has 24 heavy (non-hydrogen) atoms. The van der Waals surface area contributed by atoms with Crippen molar-refractivity contribution in [2.45, 2.75) is 31.8 Å². The van der Waals surface area contributed by atoms with Crippen molar-refractivity contribution in [1.82, 2.24) is 14.7 Å². The van der Waals surface area contributed by atoms with Crippen LogP contribution in [0.4, 0.5) is 0 Å². The van der Waals surface area contributed by atoms with Gasteiger partial charge in [-0.15, -0.1) is 0 Å². The molecule has 1 atom stereocenters. The Morgan fingerprint density at radius 3 is 2.92 bits per heavy atom. The highest BCUT2D eigenvalue weighted by Crippen LogP contribution is 2.33. The van der Waals surface area contributed by atoms with Gasteiger partial charge in [0.15, 0.2) is 0 Å². The molecule has 0 fully saturated rings. The second-order valence-electron chi connectivity index (χ2n) is 5.88. The lowest BCUT2D eigenvalue weighted by Crippen LogP contribution is -2.38. The van der Waals surface area contributed by atoms with Gasteiger partial charge in [0.1, 0.15) is 11.0 Å². The maximum absolute atomic E-state index is 12.7. The van der Waals surface area contributed by atoms with Crippen LogP contribution in [0, 0.1) is 0 Å². The third-order valence-corrected chi connectivity index (χ3v) is 6.33. The van der Waals surface area contributed by atoms with Crippen molar-refractivity contribution in [3.05, 3.63) is 60.9 Å². The Bertz CT molecular complexity index is 835. The number of likely N-dealkylation sites (N-methyl/N-ethyl adjacent to an activating group) is 1. The van der Waals surface area contributed by atoms with Gasteiger partial charge in [0.25, 0.3) is 5.56 Å². The number of hydrogen-bond donors (Lipinski definition) is 0. The number of halogens is 2. The summed E-state index contributed by atoms with van der Waals surface area (Å²) in [4.78, 5) is 26.6. The van der Waals surface area contributed by atoms with E-state index < -0.39 is 0 Å². The first-order chi connectivity index (χ1) is 11.5. The maximum atomic E-state index is 12.7. The quantitative estimate of drug-likeness (QED) is 0.714. The van der Waals surface area contributed by atoms with Crippen molar-refractivity contribution < 1.29 is 4.79 Å². The molecule has 1 aliphatic rings. The lowest BCUT2D eigenvalue weighted by molar-refractivity contribution is -0.133. The number of fused-ring (bicyclic) bond motifs is 1. The van der Waals surface area contributed by atoms with Crippen molar-refractivity contribution in [2.24, 2.45) is 0 Å². The van der Waals surface area contributed by atoms with Gasteiger partial charge >= 0.3 is 0 Å². The van der Waals surface area contributed by atoms with E-state index in [2.05, 4.69) is 49.1 Å². The second-order valence-corrected chi connectivity index (χ2v) is 7.53. The summed E-state index contributed by atoms with van der Waals surface area (Å²) < 4.78 is 2.13. The molecule has 2 aromatic rings. The number of carbonyl (C=O) groups excluding carboxylic acids is 1. The van der Waals surface area contributed by atoms with Gasteiger partial charge in [0.05, 0.1) is 16.7 Å². The summed E-state index contributed by atoms with van der Waals surface area (Å²) in [6, 6.07) is 8.30. The summed E-state index contributed by atoms with van der Waals surface area (Å²) in [5.74, 6) is -0.125. The Morgan fingerprint density at radius 1 is 1.38 bits per heavy atom. The Hall–Kier alpha value is -1.47. The predicted molar refractivity (Wildman–Crippen MR) is 98.8 cm³/mol. The SMILES string of the molecule is CN(C(=O)Cn1ncc(Br)c(Br)c1=O)[C@H]1CCCc2ccccc21. The zero-order chi connectivity index (χ0) is 17.3. The molecule has 126 valence electrons. The summed E-state index contributed by atoms with van der Waals surface area (Å²) in [5, 5.41) is 4.03. The van der Waals surface area contributed by atoms with Gasteiger partial charge in [-0.3, -0.25) is 9.59 Å². The van der Waals surface area contributed by atoms with Crippen LogP contribution in [0.3, 0.4) is 0 Å². The summed E-state index contributed by atoms with van der Waals surface area (Å²) in [5.41, 5.74) is 2.18. The first kappa shape index (κ1) is 17.4. The molecule has 1 aromatic heterocycles. The number of aromatic nitrogens is 2. The van der Waals surface area contributed by atoms with Crippen molar-refractivity contribution in [3.8, 4) is 0 Å². The molecule has 7 heteroatoms. The molecule has 0 unspecified atom stereocenters. The van der Waals surface area contributed by atoms with Gasteiger partial charge in [0, 0.05) is 7.05 Å². The van der Waals surface area contributed by atoms with Crippen LogP contribution in [-0.2, 0) is 17.8 Å². The van der Waals surface area contributed by atoms with Crippen LogP contribution >= 0.6 is 31.9 Å². The molecule has 1 aromatic carbocycles. The van der Waals surface area contributed by atoms with Crippen LogP contribution in [0.1, 0.15) is 30.0 Å². The maximum Gasteiger partial charge on any atom is 0.282 e. The molecule has 1 amide bonds. The summed E-state index contributed by atoms with van der Waals surface area (Å²) in [7, 11) is 1.80. The summed E-state index contributed by atoms with van der Waals surface area (Å²) in [6.07, 6.45) is 4.55. The number of benzene rings is 1. The van der Waals surface area contributed by atoms with E-state index in [0.29, 0.717) is 8.95 Å². The third-order valence-electron chi connectivity index (χ3n) is 4.43. The minimum Gasteiger partial charge on any atom is -0.337 e. The number of hydrogen-bond acceptors (Lipinski definition) is 3. The topological polar surface area (TPSA) is 55.2 Å². The molecule has 3 rings (SSSR count). The van der Waals surface area contributed by atoms with E-state index in [0.717, 1.165) is 19.3 Å². The fraction of sp³-hybridized carbons (Fsp3) is 0.353. The molecule has 0 spiro atoms. The molecular weight excluding hydrogens is 438 g/mol. The highest BCUT2D eigenvalue weighted by molar-refractivity contribution is 9.13. The van der Waals surface area contributed by atoms with E-state index in [4.69, 9.17) is 0 Å². The lowest BCUT2D eigenvalue weighted by atomic mass is 9.87. The van der Waals surface area contributed by atoms with Crippen LogP contribution in [0.15, 0.2) is 44.2 Å². The Labute approximate surface area is 156 Å². The molecule has 1 aliphatic carbocycles. The van der Waals surface area contributed by atoms with Crippen LogP contribution < -0.4 is 5.56 Å². The van der Waals surface area contributed by atoms with Gasteiger partial charge in [-0.2, -0.15) is 5.10 Å². The Balaban J connectivity index is 1.82. The smallest absolute Gasteiger partial charge is 0.282 e. The van der Waals surface area contributed by atoms with Gasteiger partial charge in [0.2, 0.25) is 5.91 Å². The van der Waals surface area contributed by atoms with Crippen LogP contribution in [-0.4, -0.2) is 27.6 Å².